The molecule has 1 saturated heterocycles. The van der Waals surface area contributed by atoms with Gasteiger partial charge in [-0.25, -0.2) is 24.2 Å². The average molecular weight is 481 g/mol. The van der Waals surface area contributed by atoms with Crippen LogP contribution in [0.3, 0.4) is 0 Å². The molecule has 4 atom stereocenters. The van der Waals surface area contributed by atoms with E-state index in [4.69, 9.17) is 20.9 Å². The van der Waals surface area contributed by atoms with Gasteiger partial charge in [-0.3, -0.25) is 4.18 Å². The van der Waals surface area contributed by atoms with Gasteiger partial charge < -0.3 is 15.6 Å². The van der Waals surface area contributed by atoms with Crippen molar-refractivity contribution in [3.63, 3.8) is 0 Å². The molecule has 0 unspecified atom stereocenters. The molecule has 1 fully saturated rings. The third-order valence-electron chi connectivity index (χ3n) is 4.60. The third kappa shape index (κ3) is 4.37. The Morgan fingerprint density at radius 1 is 1.41 bits per heavy atom. The highest BCUT2D eigenvalue weighted by atomic mass is 32.2. The van der Waals surface area contributed by atoms with Crippen LogP contribution in [-0.4, -0.2) is 58.3 Å². The fraction of sp³-hybridized carbons (Fsp3) is 0.294. The number of alkyl halides is 1. The summed E-state index contributed by atoms with van der Waals surface area (Å²) in [6.07, 6.45) is -5.29. The van der Waals surface area contributed by atoms with Crippen molar-refractivity contribution in [2.24, 2.45) is 5.14 Å². The molecule has 3 heterocycles. The summed E-state index contributed by atoms with van der Waals surface area (Å²) in [7, 11) is -4.31. The van der Waals surface area contributed by atoms with E-state index < -0.39 is 41.5 Å². The van der Waals surface area contributed by atoms with Crippen molar-refractivity contribution >= 4 is 38.9 Å². The number of nitrogens with zero attached hydrogens (tertiary/aromatic N) is 5. The van der Waals surface area contributed by atoms with Crippen LogP contribution in [0.25, 0.3) is 11.0 Å². The first-order valence-electron chi connectivity index (χ1n) is 8.99. The maximum absolute atomic E-state index is 14.9. The van der Waals surface area contributed by atoms with Crippen molar-refractivity contribution in [3.8, 4) is 6.07 Å². The molecular weight excluding hydrogens is 465 g/mol. The second-order valence-corrected chi connectivity index (χ2v) is 9.01. The first-order valence-corrected chi connectivity index (χ1v) is 11.3. The maximum atomic E-state index is 14.9. The molecule has 4 rings (SSSR count). The lowest BCUT2D eigenvalue weighted by molar-refractivity contribution is -0.0456. The zero-order chi connectivity index (χ0) is 23.0. The number of fused-ring (bicyclic) bond motifs is 1. The average Bonchev–Trinajstić information content (AvgIpc) is 3.25. The normalized spacial score (nSPS) is 23.4. The van der Waals surface area contributed by atoms with E-state index in [-0.39, 0.29) is 11.5 Å². The fourth-order valence-corrected chi connectivity index (χ4v) is 4.46. The number of aliphatic hydroxyl groups is 1. The zero-order valence-corrected chi connectivity index (χ0v) is 17.7. The van der Waals surface area contributed by atoms with E-state index in [1.54, 1.807) is 24.3 Å². The summed E-state index contributed by atoms with van der Waals surface area (Å²) in [5.74, 6) is 0.0863. The van der Waals surface area contributed by atoms with Gasteiger partial charge in [0.1, 0.15) is 29.4 Å². The molecule has 1 aromatic carbocycles. The van der Waals surface area contributed by atoms with Gasteiger partial charge >= 0.3 is 10.3 Å². The van der Waals surface area contributed by atoms with E-state index in [1.807, 2.05) is 6.07 Å². The van der Waals surface area contributed by atoms with Crippen molar-refractivity contribution in [2.75, 3.05) is 12.3 Å². The fourth-order valence-electron chi connectivity index (χ4n) is 3.15. The summed E-state index contributed by atoms with van der Waals surface area (Å²) >= 11 is 1.15. The minimum absolute atomic E-state index is 0.0863. The molecule has 5 N–H and O–H groups in total. The molecule has 0 spiro atoms. The van der Waals surface area contributed by atoms with E-state index in [0.717, 1.165) is 16.4 Å². The Kier molecular flexibility index (Phi) is 5.99. The molecular formula is C17H16FN7O5S2. The topological polar surface area (TPSA) is 192 Å². The molecule has 2 aromatic heterocycles. The Morgan fingerprint density at radius 2 is 2.19 bits per heavy atom. The van der Waals surface area contributed by atoms with Crippen LogP contribution in [-0.2, 0) is 19.2 Å². The molecule has 32 heavy (non-hydrogen) atoms. The van der Waals surface area contributed by atoms with E-state index in [9.17, 15) is 17.9 Å². The Morgan fingerprint density at radius 3 is 2.91 bits per heavy atom. The van der Waals surface area contributed by atoms with E-state index in [0.29, 0.717) is 20.9 Å². The number of nitrogen functional groups attached to an aromatic ring is 1. The lowest BCUT2D eigenvalue weighted by atomic mass is 10.1. The smallest absolute Gasteiger partial charge is 0.333 e. The van der Waals surface area contributed by atoms with Gasteiger partial charge in [-0.05, 0) is 18.2 Å². The van der Waals surface area contributed by atoms with Crippen LogP contribution in [0, 0.1) is 11.3 Å². The summed E-state index contributed by atoms with van der Waals surface area (Å²) in [5.41, 5.74) is 6.59. The molecule has 1 aliphatic rings. The zero-order valence-electron chi connectivity index (χ0n) is 16.1. The highest BCUT2D eigenvalue weighted by molar-refractivity contribution is 7.99. The van der Waals surface area contributed by atoms with E-state index in [1.165, 1.54) is 6.33 Å². The lowest BCUT2D eigenvalue weighted by Gasteiger charge is -2.14. The number of rotatable bonds is 6. The van der Waals surface area contributed by atoms with Crippen molar-refractivity contribution < 1.29 is 26.8 Å². The second kappa shape index (κ2) is 8.58. The SMILES string of the molecule is N#Cc1cccc(Sc2nn([C@@H]3O[C@H](COS(N)(=O)=O)[C@@H](O)[C@@H]3F)c3ncnc(N)c23)c1. The number of anilines is 1. The minimum atomic E-state index is -4.31. The molecule has 15 heteroatoms. The van der Waals surface area contributed by atoms with Crippen LogP contribution < -0.4 is 10.9 Å². The van der Waals surface area contributed by atoms with Gasteiger partial charge in [0.2, 0.25) is 0 Å². The van der Waals surface area contributed by atoms with Crippen LogP contribution in [0.15, 0.2) is 40.5 Å². The van der Waals surface area contributed by atoms with Crippen LogP contribution in [0.4, 0.5) is 10.2 Å². The van der Waals surface area contributed by atoms with Gasteiger partial charge in [-0.1, -0.05) is 17.8 Å². The second-order valence-electron chi connectivity index (χ2n) is 6.73. The van der Waals surface area contributed by atoms with Crippen LogP contribution in [0.2, 0.25) is 0 Å². The van der Waals surface area contributed by atoms with Crippen LogP contribution in [0.1, 0.15) is 11.8 Å². The Balaban J connectivity index is 1.70. The number of hydrogen-bond donors (Lipinski definition) is 3. The first kappa shape index (κ1) is 22.3. The largest absolute Gasteiger partial charge is 0.387 e. The monoisotopic (exact) mass is 481 g/mol. The first-order chi connectivity index (χ1) is 15.2. The Labute approximate surface area is 185 Å². The molecule has 1 aliphatic heterocycles. The lowest BCUT2D eigenvalue weighted by Crippen LogP contribution is -2.33. The summed E-state index contributed by atoms with van der Waals surface area (Å²) in [6.45, 7) is -0.685. The number of hydrogen-bond acceptors (Lipinski definition) is 11. The third-order valence-corrected chi connectivity index (χ3v) is 6.03. The molecule has 0 radical (unpaired) electrons. The molecule has 0 bridgehead atoms. The summed E-state index contributed by atoms with van der Waals surface area (Å²) in [4.78, 5) is 8.74. The maximum Gasteiger partial charge on any atom is 0.333 e. The highest BCUT2D eigenvalue weighted by Gasteiger charge is 2.47. The number of nitrogens with two attached hydrogens (primary N) is 2. The number of nitriles is 1. The van der Waals surface area contributed by atoms with Crippen molar-refractivity contribution in [1.82, 2.24) is 19.7 Å². The van der Waals surface area contributed by atoms with Gasteiger partial charge in [0.05, 0.1) is 23.6 Å². The van der Waals surface area contributed by atoms with E-state index >= 15 is 0 Å². The quantitative estimate of drug-likeness (QED) is 0.437. The summed E-state index contributed by atoms with van der Waals surface area (Å²) in [6, 6.07) is 8.78. The number of aromatic nitrogens is 4. The van der Waals surface area contributed by atoms with Gasteiger partial charge in [-0.2, -0.15) is 18.8 Å². The van der Waals surface area contributed by atoms with Gasteiger partial charge in [0.25, 0.3) is 0 Å². The summed E-state index contributed by atoms with van der Waals surface area (Å²) < 4.78 is 48.0. The highest BCUT2D eigenvalue weighted by Crippen LogP contribution is 2.39. The number of ether oxygens (including phenoxy) is 1. The molecule has 0 amide bonds. The number of benzene rings is 1. The number of aliphatic hydroxyl groups excluding tert-OH is 1. The molecule has 0 saturated carbocycles. The van der Waals surface area contributed by atoms with Gasteiger partial charge in [0, 0.05) is 4.90 Å². The standard InChI is InChI=1S/C17H16FN7O5S2/c18-12-13(26)10(6-29-32(21,27)28)30-17(12)25-15-11(14(20)22-7-23-15)16(24-25)31-9-3-1-2-8(4-9)5-19/h1-4,7,10,12-13,17,26H,6H2,(H2,20,22,23)(H2,21,27,28)/t10-,12+,13-,17-/m1/s1. The van der Waals surface area contributed by atoms with Gasteiger partial charge in [-0.15, -0.1) is 0 Å². The predicted molar refractivity (Wildman–Crippen MR) is 109 cm³/mol. The summed E-state index contributed by atoms with van der Waals surface area (Å²) in [5, 5.41) is 29.1. The molecule has 168 valence electrons. The Hall–Kier alpha value is -2.87. The molecule has 12 nitrogen and oxygen atoms in total. The molecule has 3 aromatic rings. The van der Waals surface area contributed by atoms with Crippen molar-refractivity contribution in [1.29, 1.82) is 5.26 Å². The predicted octanol–water partition coefficient (Wildman–Crippen LogP) is 0.248. The Bertz CT molecular complexity index is 1310. The van der Waals surface area contributed by atoms with Crippen LogP contribution in [0.5, 0.6) is 0 Å². The van der Waals surface area contributed by atoms with Crippen molar-refractivity contribution in [3.05, 3.63) is 36.2 Å². The van der Waals surface area contributed by atoms with Crippen molar-refractivity contribution in [2.45, 2.75) is 34.5 Å². The molecule has 0 aliphatic carbocycles. The number of halogens is 1. The van der Waals surface area contributed by atoms with E-state index in [2.05, 4.69) is 19.2 Å². The minimum Gasteiger partial charge on any atom is -0.387 e. The van der Waals surface area contributed by atoms with Gasteiger partial charge in [0.15, 0.2) is 18.0 Å². The van der Waals surface area contributed by atoms with Crippen LogP contribution >= 0.6 is 11.8 Å².